The number of nitrogens with two attached hydrogens (primary N) is 1. The van der Waals surface area contributed by atoms with Gasteiger partial charge in [-0.05, 0) is 18.1 Å². The molecule has 2 rings (SSSR count). The Balaban J connectivity index is 2.17. The van der Waals surface area contributed by atoms with Crippen molar-refractivity contribution in [1.29, 1.82) is 0 Å². The van der Waals surface area contributed by atoms with Crippen LogP contribution in [0.5, 0.6) is 0 Å². The molecule has 98 valence electrons. The van der Waals surface area contributed by atoms with Gasteiger partial charge < -0.3 is 10.6 Å². The van der Waals surface area contributed by atoms with E-state index in [2.05, 4.69) is 4.98 Å². The van der Waals surface area contributed by atoms with Crippen LogP contribution in [0.1, 0.15) is 12.0 Å². The van der Waals surface area contributed by atoms with Crippen LogP contribution in [0.2, 0.25) is 0 Å². The van der Waals surface area contributed by atoms with Crippen LogP contribution in [0.3, 0.4) is 0 Å². The molecular formula is C12H14F3N3. The Hall–Kier alpha value is -1.56. The van der Waals surface area contributed by atoms with Gasteiger partial charge in [0.05, 0.1) is 11.9 Å². The SMILES string of the molecule is NCc1ccncc1N1CC=C(C(F)(F)F)CC1. The number of rotatable bonds is 2. The lowest BCUT2D eigenvalue weighted by molar-refractivity contribution is -0.0943. The molecule has 0 atom stereocenters. The lowest BCUT2D eigenvalue weighted by Crippen LogP contribution is -2.32. The van der Waals surface area contributed by atoms with E-state index in [1.54, 1.807) is 18.5 Å². The van der Waals surface area contributed by atoms with Crippen molar-refractivity contribution in [3.63, 3.8) is 0 Å². The number of alkyl halides is 3. The molecule has 18 heavy (non-hydrogen) atoms. The fourth-order valence-electron chi connectivity index (χ4n) is 2.02. The average molecular weight is 257 g/mol. The summed E-state index contributed by atoms with van der Waals surface area (Å²) in [4.78, 5) is 5.86. The molecule has 2 N–H and O–H groups in total. The van der Waals surface area contributed by atoms with Gasteiger partial charge in [-0.15, -0.1) is 0 Å². The lowest BCUT2D eigenvalue weighted by Gasteiger charge is -2.30. The van der Waals surface area contributed by atoms with Gasteiger partial charge in [0.15, 0.2) is 0 Å². The van der Waals surface area contributed by atoms with Crippen molar-refractivity contribution < 1.29 is 13.2 Å². The Bertz CT molecular complexity index is 454. The number of pyridine rings is 1. The van der Waals surface area contributed by atoms with Crippen LogP contribution in [-0.2, 0) is 6.54 Å². The molecule has 0 fully saturated rings. The van der Waals surface area contributed by atoms with Gasteiger partial charge in [0, 0.05) is 31.4 Å². The molecule has 0 saturated heterocycles. The summed E-state index contributed by atoms with van der Waals surface area (Å²) in [6, 6.07) is 1.79. The molecule has 1 aromatic heterocycles. The van der Waals surface area contributed by atoms with Gasteiger partial charge >= 0.3 is 6.18 Å². The van der Waals surface area contributed by atoms with Crippen LogP contribution in [0.15, 0.2) is 30.1 Å². The second-order valence-corrected chi connectivity index (χ2v) is 4.13. The molecule has 1 aliphatic rings. The largest absolute Gasteiger partial charge is 0.412 e. The Labute approximate surface area is 103 Å². The number of hydrogen-bond donors (Lipinski definition) is 1. The van der Waals surface area contributed by atoms with E-state index < -0.39 is 11.7 Å². The van der Waals surface area contributed by atoms with Crippen LogP contribution in [0.4, 0.5) is 18.9 Å². The van der Waals surface area contributed by atoms with Crippen molar-refractivity contribution in [2.45, 2.75) is 19.1 Å². The number of nitrogens with zero attached hydrogens (tertiary/aromatic N) is 2. The van der Waals surface area contributed by atoms with E-state index in [1.165, 1.54) is 6.08 Å². The van der Waals surface area contributed by atoms with E-state index in [1.807, 2.05) is 4.90 Å². The van der Waals surface area contributed by atoms with Gasteiger partial charge in [0.2, 0.25) is 0 Å². The standard InChI is InChI=1S/C12H14F3N3/c13-12(14,15)10-2-5-18(6-3-10)11-8-17-4-1-9(11)7-16/h1-2,4,8H,3,5-7,16H2. The number of anilines is 1. The average Bonchev–Trinajstić information content (AvgIpc) is 2.38. The molecule has 6 heteroatoms. The molecule has 0 bridgehead atoms. The predicted octanol–water partition coefficient (Wildman–Crippen LogP) is 2.24. The highest BCUT2D eigenvalue weighted by atomic mass is 19.4. The van der Waals surface area contributed by atoms with Crippen LogP contribution in [-0.4, -0.2) is 24.2 Å². The van der Waals surface area contributed by atoms with Gasteiger partial charge in [0.1, 0.15) is 0 Å². The van der Waals surface area contributed by atoms with Crippen molar-refractivity contribution in [1.82, 2.24) is 4.98 Å². The molecule has 0 radical (unpaired) electrons. The van der Waals surface area contributed by atoms with E-state index in [0.29, 0.717) is 13.1 Å². The zero-order valence-corrected chi connectivity index (χ0v) is 9.74. The van der Waals surface area contributed by atoms with Gasteiger partial charge in [-0.25, -0.2) is 0 Å². The molecule has 2 heterocycles. The first kappa shape index (κ1) is 12.9. The number of aromatic nitrogens is 1. The molecule has 1 aromatic rings. The topological polar surface area (TPSA) is 42.1 Å². The molecule has 0 saturated carbocycles. The maximum absolute atomic E-state index is 12.5. The summed E-state index contributed by atoms with van der Waals surface area (Å²) in [6.45, 7) is 0.932. The summed E-state index contributed by atoms with van der Waals surface area (Å²) in [5.41, 5.74) is 6.87. The quantitative estimate of drug-likeness (QED) is 0.826. The van der Waals surface area contributed by atoms with Crippen LogP contribution >= 0.6 is 0 Å². The van der Waals surface area contributed by atoms with E-state index in [0.717, 1.165) is 11.3 Å². The summed E-state index contributed by atoms with van der Waals surface area (Å²) in [7, 11) is 0. The minimum atomic E-state index is -4.21. The van der Waals surface area contributed by atoms with Crippen molar-refractivity contribution in [2.75, 3.05) is 18.0 Å². The van der Waals surface area contributed by atoms with Crippen molar-refractivity contribution in [3.8, 4) is 0 Å². The molecule has 0 aliphatic carbocycles. The molecule has 1 aliphatic heterocycles. The first-order chi connectivity index (χ1) is 8.52. The van der Waals surface area contributed by atoms with Crippen LogP contribution in [0, 0.1) is 0 Å². The van der Waals surface area contributed by atoms with Gasteiger partial charge in [-0.1, -0.05) is 6.08 Å². The first-order valence-corrected chi connectivity index (χ1v) is 5.66. The highest BCUT2D eigenvalue weighted by Gasteiger charge is 2.34. The second-order valence-electron chi connectivity index (χ2n) is 4.13. The minimum absolute atomic E-state index is 0.00239. The first-order valence-electron chi connectivity index (χ1n) is 5.66. The summed E-state index contributed by atoms with van der Waals surface area (Å²) in [6.07, 6.45) is 0.304. The molecule has 0 amide bonds. The second kappa shape index (κ2) is 4.97. The zero-order valence-electron chi connectivity index (χ0n) is 9.74. The lowest BCUT2D eigenvalue weighted by atomic mass is 10.1. The summed E-state index contributed by atoms with van der Waals surface area (Å²) >= 11 is 0. The molecule has 0 aromatic carbocycles. The number of halogens is 3. The molecule has 0 unspecified atom stereocenters. The van der Waals surface area contributed by atoms with E-state index in [4.69, 9.17) is 5.73 Å². The van der Waals surface area contributed by atoms with Crippen LogP contribution in [0.25, 0.3) is 0 Å². The van der Waals surface area contributed by atoms with Crippen molar-refractivity contribution in [2.24, 2.45) is 5.73 Å². The molecule has 0 spiro atoms. The maximum atomic E-state index is 12.5. The van der Waals surface area contributed by atoms with Gasteiger partial charge in [-0.3, -0.25) is 4.98 Å². The Morgan fingerprint density at radius 2 is 2.17 bits per heavy atom. The smallest absolute Gasteiger partial charge is 0.366 e. The van der Waals surface area contributed by atoms with E-state index in [-0.39, 0.29) is 13.0 Å². The van der Waals surface area contributed by atoms with Crippen molar-refractivity contribution >= 4 is 5.69 Å². The normalized spacial score (nSPS) is 16.7. The highest BCUT2D eigenvalue weighted by molar-refractivity contribution is 5.53. The zero-order chi connectivity index (χ0) is 13.2. The van der Waals surface area contributed by atoms with Crippen LogP contribution < -0.4 is 10.6 Å². The predicted molar refractivity (Wildman–Crippen MR) is 63.1 cm³/mol. The highest BCUT2D eigenvalue weighted by Crippen LogP contribution is 2.32. The van der Waals surface area contributed by atoms with Gasteiger partial charge in [0.25, 0.3) is 0 Å². The molecular weight excluding hydrogens is 243 g/mol. The molecule has 3 nitrogen and oxygen atoms in total. The fraction of sp³-hybridized carbons (Fsp3) is 0.417. The van der Waals surface area contributed by atoms with E-state index >= 15 is 0 Å². The third-order valence-corrected chi connectivity index (χ3v) is 3.02. The van der Waals surface area contributed by atoms with E-state index in [9.17, 15) is 13.2 Å². The Kier molecular flexibility index (Phi) is 3.56. The third kappa shape index (κ3) is 2.64. The minimum Gasteiger partial charge on any atom is -0.366 e. The Morgan fingerprint density at radius 1 is 1.39 bits per heavy atom. The fourth-order valence-corrected chi connectivity index (χ4v) is 2.02. The summed E-state index contributed by atoms with van der Waals surface area (Å²) < 4.78 is 37.5. The summed E-state index contributed by atoms with van der Waals surface area (Å²) in [5, 5.41) is 0. The van der Waals surface area contributed by atoms with Gasteiger partial charge in [-0.2, -0.15) is 13.2 Å². The number of hydrogen-bond acceptors (Lipinski definition) is 3. The van der Waals surface area contributed by atoms with Crippen molar-refractivity contribution in [3.05, 3.63) is 35.7 Å². The maximum Gasteiger partial charge on any atom is 0.412 e. The monoisotopic (exact) mass is 257 g/mol. The Morgan fingerprint density at radius 3 is 2.72 bits per heavy atom. The third-order valence-electron chi connectivity index (χ3n) is 3.02. The summed E-state index contributed by atoms with van der Waals surface area (Å²) in [5.74, 6) is 0.